The number of rotatable bonds is 9. The third-order valence-corrected chi connectivity index (χ3v) is 5.80. The van der Waals surface area contributed by atoms with Gasteiger partial charge in [-0.1, -0.05) is 0 Å². The van der Waals surface area contributed by atoms with Crippen molar-refractivity contribution in [2.24, 2.45) is 0 Å². The monoisotopic (exact) mass is 355 g/mol. The number of hydrogen-bond donors (Lipinski definition) is 2. The minimum absolute atomic E-state index is 0.214. The van der Waals surface area contributed by atoms with E-state index in [4.69, 9.17) is 4.74 Å². The maximum atomic E-state index is 12.4. The van der Waals surface area contributed by atoms with E-state index in [1.165, 1.54) is 16.4 Å². The minimum Gasteiger partial charge on any atom is -0.383 e. The van der Waals surface area contributed by atoms with Crippen LogP contribution < -0.4 is 10.6 Å². The standard InChI is InChI=1S/C16H25N3O4S/c1-23-13-10-17-8-9-18-16(20)14-4-6-15(7-5-14)24(21,22)19-11-2-3-12-19/h4-7,17H,2-3,8-13H2,1H3,(H,18,20). The summed E-state index contributed by atoms with van der Waals surface area (Å²) in [7, 11) is -1.80. The van der Waals surface area contributed by atoms with E-state index in [0.29, 0.717) is 38.3 Å². The summed E-state index contributed by atoms with van der Waals surface area (Å²) in [5.74, 6) is -0.214. The number of ether oxygens (including phenoxy) is 1. The van der Waals surface area contributed by atoms with Crippen LogP contribution in [0.4, 0.5) is 0 Å². The SMILES string of the molecule is COCCNCCNC(=O)c1ccc(S(=O)(=O)N2CCCC2)cc1. The Bertz CT molecular complexity index is 625. The molecule has 1 aliphatic rings. The number of hydrogen-bond acceptors (Lipinski definition) is 5. The maximum Gasteiger partial charge on any atom is 0.251 e. The lowest BCUT2D eigenvalue weighted by Crippen LogP contribution is -2.33. The summed E-state index contributed by atoms with van der Waals surface area (Å²) in [4.78, 5) is 12.3. The molecule has 1 saturated heterocycles. The van der Waals surface area contributed by atoms with Crippen molar-refractivity contribution in [2.75, 3.05) is 46.4 Å². The molecule has 24 heavy (non-hydrogen) atoms. The number of nitrogens with one attached hydrogen (secondary N) is 2. The Hall–Kier alpha value is -1.48. The molecule has 1 heterocycles. The Balaban J connectivity index is 1.86. The van der Waals surface area contributed by atoms with Crippen LogP contribution in [-0.2, 0) is 14.8 Å². The van der Waals surface area contributed by atoms with Crippen LogP contribution >= 0.6 is 0 Å². The first-order valence-electron chi connectivity index (χ1n) is 8.14. The molecule has 0 saturated carbocycles. The molecule has 0 spiro atoms. The molecule has 0 unspecified atom stereocenters. The lowest BCUT2D eigenvalue weighted by molar-refractivity contribution is 0.0953. The first-order chi connectivity index (χ1) is 11.6. The van der Waals surface area contributed by atoms with Gasteiger partial charge in [-0.3, -0.25) is 4.79 Å². The summed E-state index contributed by atoms with van der Waals surface area (Å²) < 4.78 is 31.2. The lowest BCUT2D eigenvalue weighted by atomic mass is 10.2. The van der Waals surface area contributed by atoms with E-state index in [1.54, 1.807) is 19.2 Å². The van der Waals surface area contributed by atoms with E-state index in [-0.39, 0.29) is 10.8 Å². The summed E-state index contributed by atoms with van der Waals surface area (Å²) in [6.07, 6.45) is 1.80. The molecule has 1 fully saturated rings. The van der Waals surface area contributed by atoms with Crippen LogP contribution in [0.5, 0.6) is 0 Å². The second-order valence-electron chi connectivity index (χ2n) is 5.63. The van der Waals surface area contributed by atoms with E-state index in [9.17, 15) is 13.2 Å². The molecule has 1 aromatic rings. The van der Waals surface area contributed by atoms with Crippen LogP contribution in [0.25, 0.3) is 0 Å². The van der Waals surface area contributed by atoms with E-state index in [1.807, 2.05) is 0 Å². The zero-order valence-electron chi connectivity index (χ0n) is 14.0. The van der Waals surface area contributed by atoms with E-state index in [0.717, 1.165) is 19.4 Å². The van der Waals surface area contributed by atoms with E-state index < -0.39 is 10.0 Å². The Morgan fingerprint density at radius 1 is 1.12 bits per heavy atom. The number of carbonyl (C=O) groups excluding carboxylic acids is 1. The average Bonchev–Trinajstić information content (AvgIpc) is 3.13. The number of methoxy groups -OCH3 is 1. The number of benzene rings is 1. The van der Waals surface area contributed by atoms with Gasteiger partial charge >= 0.3 is 0 Å². The van der Waals surface area contributed by atoms with Crippen molar-refractivity contribution < 1.29 is 17.9 Å². The van der Waals surface area contributed by atoms with Crippen molar-refractivity contribution in [2.45, 2.75) is 17.7 Å². The molecule has 2 N–H and O–H groups in total. The fourth-order valence-electron chi connectivity index (χ4n) is 2.52. The van der Waals surface area contributed by atoms with Gasteiger partial charge in [0.15, 0.2) is 0 Å². The van der Waals surface area contributed by atoms with Crippen molar-refractivity contribution in [3.63, 3.8) is 0 Å². The van der Waals surface area contributed by atoms with Gasteiger partial charge in [0.2, 0.25) is 10.0 Å². The molecule has 134 valence electrons. The first kappa shape index (κ1) is 18.9. The molecule has 7 nitrogen and oxygen atoms in total. The van der Waals surface area contributed by atoms with E-state index in [2.05, 4.69) is 10.6 Å². The molecule has 1 amide bonds. The smallest absolute Gasteiger partial charge is 0.251 e. The normalized spacial score (nSPS) is 15.5. The van der Waals surface area contributed by atoms with Gasteiger partial charge in [0.1, 0.15) is 0 Å². The highest BCUT2D eigenvalue weighted by Gasteiger charge is 2.27. The summed E-state index contributed by atoms with van der Waals surface area (Å²) in [6, 6.07) is 6.10. The summed E-state index contributed by atoms with van der Waals surface area (Å²) in [5.41, 5.74) is 0.451. The number of sulfonamides is 1. The molecule has 0 aromatic heterocycles. The van der Waals surface area contributed by atoms with Crippen molar-refractivity contribution in [3.05, 3.63) is 29.8 Å². The van der Waals surface area contributed by atoms with Crippen LogP contribution in [-0.4, -0.2) is 65.1 Å². The van der Waals surface area contributed by atoms with Crippen molar-refractivity contribution in [1.29, 1.82) is 0 Å². The Morgan fingerprint density at radius 2 is 1.79 bits per heavy atom. The second kappa shape index (κ2) is 9.12. The molecular formula is C16H25N3O4S. The fraction of sp³-hybridized carbons (Fsp3) is 0.562. The predicted molar refractivity (Wildman–Crippen MR) is 91.5 cm³/mol. The molecule has 0 aliphatic carbocycles. The van der Waals surface area contributed by atoms with Crippen LogP contribution in [0, 0.1) is 0 Å². The maximum absolute atomic E-state index is 12.4. The molecule has 2 rings (SSSR count). The molecule has 0 radical (unpaired) electrons. The van der Waals surface area contributed by atoms with Gasteiger partial charge in [0, 0.05) is 45.4 Å². The molecule has 0 atom stereocenters. The Labute approximate surface area is 143 Å². The summed E-state index contributed by atoms with van der Waals surface area (Å²) in [5, 5.41) is 5.92. The van der Waals surface area contributed by atoms with Crippen LogP contribution in [0.15, 0.2) is 29.2 Å². The van der Waals surface area contributed by atoms with Gasteiger partial charge < -0.3 is 15.4 Å². The van der Waals surface area contributed by atoms with Crippen molar-refractivity contribution in [3.8, 4) is 0 Å². The molecule has 0 bridgehead atoms. The predicted octanol–water partition coefficient (Wildman–Crippen LogP) is 0.437. The van der Waals surface area contributed by atoms with Crippen LogP contribution in [0.1, 0.15) is 23.2 Å². The van der Waals surface area contributed by atoms with Crippen molar-refractivity contribution >= 4 is 15.9 Å². The third-order valence-electron chi connectivity index (χ3n) is 3.89. The Kier molecular flexibility index (Phi) is 7.16. The molecular weight excluding hydrogens is 330 g/mol. The molecule has 1 aromatic carbocycles. The fourth-order valence-corrected chi connectivity index (χ4v) is 4.04. The molecule has 8 heteroatoms. The highest BCUT2D eigenvalue weighted by atomic mass is 32.2. The highest BCUT2D eigenvalue weighted by molar-refractivity contribution is 7.89. The van der Waals surface area contributed by atoms with Gasteiger partial charge in [-0.2, -0.15) is 4.31 Å². The Morgan fingerprint density at radius 3 is 2.42 bits per heavy atom. The van der Waals surface area contributed by atoms with Gasteiger partial charge in [-0.25, -0.2) is 8.42 Å². The van der Waals surface area contributed by atoms with E-state index >= 15 is 0 Å². The van der Waals surface area contributed by atoms with Gasteiger partial charge in [-0.15, -0.1) is 0 Å². The van der Waals surface area contributed by atoms with Gasteiger partial charge in [0.25, 0.3) is 5.91 Å². The highest BCUT2D eigenvalue weighted by Crippen LogP contribution is 2.20. The zero-order valence-corrected chi connectivity index (χ0v) is 14.8. The zero-order chi connectivity index (χ0) is 17.4. The summed E-state index contributed by atoms with van der Waals surface area (Å²) in [6.45, 7) is 3.64. The largest absolute Gasteiger partial charge is 0.383 e. The average molecular weight is 355 g/mol. The number of amides is 1. The lowest BCUT2D eigenvalue weighted by Gasteiger charge is -2.15. The second-order valence-corrected chi connectivity index (χ2v) is 7.57. The minimum atomic E-state index is -3.43. The van der Waals surface area contributed by atoms with Crippen molar-refractivity contribution in [1.82, 2.24) is 14.9 Å². The topological polar surface area (TPSA) is 87.7 Å². The molecule has 1 aliphatic heterocycles. The number of nitrogens with zero attached hydrogens (tertiary/aromatic N) is 1. The first-order valence-corrected chi connectivity index (χ1v) is 9.58. The van der Waals surface area contributed by atoms with Gasteiger partial charge in [0.05, 0.1) is 11.5 Å². The third kappa shape index (κ3) is 5.01. The van der Waals surface area contributed by atoms with Gasteiger partial charge in [-0.05, 0) is 37.1 Å². The summed E-state index contributed by atoms with van der Waals surface area (Å²) >= 11 is 0. The van der Waals surface area contributed by atoms with Crippen LogP contribution in [0.2, 0.25) is 0 Å². The number of carbonyl (C=O) groups is 1. The van der Waals surface area contributed by atoms with Crippen LogP contribution in [0.3, 0.4) is 0 Å². The quantitative estimate of drug-likeness (QED) is 0.628.